The summed E-state index contributed by atoms with van der Waals surface area (Å²) in [6, 6.07) is 4.65. The lowest BCUT2D eigenvalue weighted by atomic mass is 9.91. The van der Waals surface area contributed by atoms with E-state index in [0.29, 0.717) is 18.5 Å². The Hall–Kier alpha value is -0.670. The van der Waals surface area contributed by atoms with Gasteiger partial charge in [-0.2, -0.15) is 0 Å². The monoisotopic (exact) mass is 259 g/mol. The first-order valence-corrected chi connectivity index (χ1v) is 6.48. The van der Waals surface area contributed by atoms with Gasteiger partial charge in [0.2, 0.25) is 0 Å². The molecule has 0 spiro atoms. The quantitative estimate of drug-likeness (QED) is 0.731. The van der Waals surface area contributed by atoms with Gasteiger partial charge < -0.3 is 0 Å². The van der Waals surface area contributed by atoms with Crippen molar-refractivity contribution in [1.29, 1.82) is 0 Å². The lowest BCUT2D eigenvalue weighted by Gasteiger charge is -2.37. The Morgan fingerprint density at radius 3 is 2.53 bits per heavy atom. The fraction of sp³-hybridized carbons (Fsp3) is 0.538. The maximum atomic E-state index is 13.1. The number of halogens is 3. The van der Waals surface area contributed by atoms with Crippen LogP contribution in [0.25, 0.3) is 0 Å². The molecule has 94 valence electrons. The molecule has 0 bridgehead atoms. The fourth-order valence-corrected chi connectivity index (χ4v) is 2.34. The molecular weight excluding hydrogens is 244 g/mol. The Bertz CT molecular complexity index is 380. The third-order valence-electron chi connectivity index (χ3n) is 3.33. The summed E-state index contributed by atoms with van der Waals surface area (Å²) in [7, 11) is 0. The van der Waals surface area contributed by atoms with Gasteiger partial charge in [-0.3, -0.25) is 4.90 Å². The van der Waals surface area contributed by atoms with Gasteiger partial charge in [0.1, 0.15) is 0 Å². The highest BCUT2D eigenvalue weighted by atomic mass is 35.5. The molecule has 0 aliphatic heterocycles. The highest BCUT2D eigenvalue weighted by molar-refractivity contribution is 6.18. The summed E-state index contributed by atoms with van der Waals surface area (Å²) in [6.45, 7) is 1.44. The summed E-state index contributed by atoms with van der Waals surface area (Å²) in [5.74, 6) is -0.997. The predicted octanol–water partition coefficient (Wildman–Crippen LogP) is 3.56. The zero-order valence-electron chi connectivity index (χ0n) is 9.63. The third kappa shape index (κ3) is 3.17. The van der Waals surface area contributed by atoms with E-state index in [-0.39, 0.29) is 0 Å². The van der Waals surface area contributed by atoms with Crippen LogP contribution in [-0.2, 0) is 6.54 Å². The van der Waals surface area contributed by atoms with Crippen molar-refractivity contribution in [2.75, 3.05) is 12.4 Å². The molecule has 1 aromatic carbocycles. The minimum Gasteiger partial charge on any atom is -0.295 e. The summed E-state index contributed by atoms with van der Waals surface area (Å²) in [4.78, 5) is 2.25. The van der Waals surface area contributed by atoms with Crippen molar-refractivity contribution >= 4 is 11.6 Å². The van der Waals surface area contributed by atoms with Crippen molar-refractivity contribution in [2.24, 2.45) is 0 Å². The van der Waals surface area contributed by atoms with Crippen molar-refractivity contribution in [3.05, 3.63) is 35.4 Å². The second-order valence-corrected chi connectivity index (χ2v) is 4.87. The smallest absolute Gasteiger partial charge is 0.159 e. The van der Waals surface area contributed by atoms with Crippen LogP contribution in [0.15, 0.2) is 18.2 Å². The van der Waals surface area contributed by atoms with E-state index in [1.54, 1.807) is 6.07 Å². The van der Waals surface area contributed by atoms with Gasteiger partial charge in [0.25, 0.3) is 0 Å². The Morgan fingerprint density at radius 2 is 2.00 bits per heavy atom. The standard InChI is InChI=1S/C13H16ClF2N/c14-6-7-17(11-2-1-3-11)9-10-4-5-12(15)13(16)8-10/h4-5,8,11H,1-3,6-7,9H2. The molecule has 0 atom stereocenters. The molecule has 0 radical (unpaired) electrons. The van der Waals surface area contributed by atoms with Crippen LogP contribution in [0, 0.1) is 11.6 Å². The summed E-state index contributed by atoms with van der Waals surface area (Å²) in [6.07, 6.45) is 3.61. The SMILES string of the molecule is Fc1ccc(CN(CCCl)C2CCC2)cc1F. The van der Waals surface area contributed by atoms with Crippen molar-refractivity contribution in [1.82, 2.24) is 4.90 Å². The van der Waals surface area contributed by atoms with Crippen LogP contribution in [0.2, 0.25) is 0 Å². The van der Waals surface area contributed by atoms with E-state index in [9.17, 15) is 8.78 Å². The van der Waals surface area contributed by atoms with Crippen LogP contribution in [0.1, 0.15) is 24.8 Å². The third-order valence-corrected chi connectivity index (χ3v) is 3.50. The molecule has 17 heavy (non-hydrogen) atoms. The van der Waals surface area contributed by atoms with E-state index in [1.165, 1.54) is 31.4 Å². The van der Waals surface area contributed by atoms with Crippen molar-refractivity contribution in [3.63, 3.8) is 0 Å². The van der Waals surface area contributed by atoms with Crippen molar-refractivity contribution in [2.45, 2.75) is 31.8 Å². The Kier molecular flexibility index (Phi) is 4.35. The first kappa shape index (κ1) is 12.8. The predicted molar refractivity (Wildman–Crippen MR) is 65.1 cm³/mol. The lowest BCUT2D eigenvalue weighted by molar-refractivity contribution is 0.127. The molecule has 0 N–H and O–H groups in total. The van der Waals surface area contributed by atoms with Crippen molar-refractivity contribution in [3.8, 4) is 0 Å². The zero-order valence-corrected chi connectivity index (χ0v) is 10.4. The number of benzene rings is 1. The summed E-state index contributed by atoms with van der Waals surface area (Å²) < 4.78 is 25.9. The van der Waals surface area contributed by atoms with E-state index in [4.69, 9.17) is 11.6 Å². The van der Waals surface area contributed by atoms with E-state index in [0.717, 1.165) is 12.1 Å². The average molecular weight is 260 g/mol. The molecule has 4 heteroatoms. The minimum absolute atomic E-state index is 0.557. The highest BCUT2D eigenvalue weighted by Crippen LogP contribution is 2.26. The minimum atomic E-state index is -0.790. The van der Waals surface area contributed by atoms with Crippen molar-refractivity contribution < 1.29 is 8.78 Å². The Morgan fingerprint density at radius 1 is 1.24 bits per heavy atom. The lowest BCUT2D eigenvalue weighted by Crippen LogP contribution is -2.40. The summed E-state index contributed by atoms with van der Waals surface area (Å²) in [5.41, 5.74) is 0.806. The summed E-state index contributed by atoms with van der Waals surface area (Å²) >= 11 is 5.77. The molecule has 1 nitrogen and oxygen atoms in total. The number of alkyl halides is 1. The van der Waals surface area contributed by atoms with Crippen LogP contribution in [0.5, 0.6) is 0 Å². The second-order valence-electron chi connectivity index (χ2n) is 4.49. The largest absolute Gasteiger partial charge is 0.295 e. The molecule has 0 unspecified atom stereocenters. The number of hydrogen-bond donors (Lipinski definition) is 0. The fourth-order valence-electron chi connectivity index (χ4n) is 2.12. The van der Waals surface area contributed by atoms with Gasteiger partial charge in [-0.25, -0.2) is 8.78 Å². The topological polar surface area (TPSA) is 3.24 Å². The maximum Gasteiger partial charge on any atom is 0.159 e. The van der Waals surface area contributed by atoms with Gasteiger partial charge in [0.15, 0.2) is 11.6 Å². The Labute approximate surface area is 105 Å². The van der Waals surface area contributed by atoms with Crippen LogP contribution in [0.4, 0.5) is 8.78 Å². The zero-order chi connectivity index (χ0) is 12.3. The average Bonchev–Trinajstić information content (AvgIpc) is 2.21. The van der Waals surface area contributed by atoms with E-state index in [2.05, 4.69) is 4.90 Å². The van der Waals surface area contributed by atoms with E-state index < -0.39 is 11.6 Å². The Balaban J connectivity index is 2.02. The van der Waals surface area contributed by atoms with Gasteiger partial charge in [0, 0.05) is 25.0 Å². The van der Waals surface area contributed by atoms with E-state index in [1.807, 2.05) is 0 Å². The molecule has 1 saturated carbocycles. The molecule has 1 aromatic rings. The second kappa shape index (κ2) is 5.78. The molecule has 0 heterocycles. The molecule has 1 aliphatic carbocycles. The van der Waals surface area contributed by atoms with Crippen LogP contribution < -0.4 is 0 Å². The number of hydrogen-bond acceptors (Lipinski definition) is 1. The van der Waals surface area contributed by atoms with E-state index >= 15 is 0 Å². The number of rotatable bonds is 5. The molecule has 1 fully saturated rings. The van der Waals surface area contributed by atoms with Crippen LogP contribution in [0.3, 0.4) is 0 Å². The molecule has 0 saturated heterocycles. The van der Waals surface area contributed by atoms with Crippen LogP contribution in [-0.4, -0.2) is 23.4 Å². The van der Waals surface area contributed by atoms with Gasteiger partial charge in [-0.05, 0) is 30.5 Å². The van der Waals surface area contributed by atoms with Gasteiger partial charge in [-0.1, -0.05) is 12.5 Å². The maximum absolute atomic E-state index is 13.1. The van der Waals surface area contributed by atoms with Gasteiger partial charge >= 0.3 is 0 Å². The summed E-state index contributed by atoms with van der Waals surface area (Å²) in [5, 5.41) is 0. The highest BCUT2D eigenvalue weighted by Gasteiger charge is 2.24. The van der Waals surface area contributed by atoms with Gasteiger partial charge in [-0.15, -0.1) is 11.6 Å². The molecule has 0 amide bonds. The molecule has 0 aromatic heterocycles. The first-order valence-electron chi connectivity index (χ1n) is 5.94. The number of nitrogens with zero attached hydrogens (tertiary/aromatic N) is 1. The molecular formula is C13H16ClF2N. The van der Waals surface area contributed by atoms with Gasteiger partial charge in [0.05, 0.1) is 0 Å². The first-order chi connectivity index (χ1) is 8.20. The normalized spacial score (nSPS) is 16.2. The molecule has 1 aliphatic rings. The van der Waals surface area contributed by atoms with Crippen LogP contribution >= 0.6 is 11.6 Å². The molecule has 2 rings (SSSR count).